The Morgan fingerprint density at radius 2 is 1.55 bits per heavy atom. The summed E-state index contributed by atoms with van der Waals surface area (Å²) < 4.78 is 0. The molecule has 0 aromatic heterocycles. The molecule has 3 atom stereocenters. The van der Waals surface area contributed by atoms with E-state index in [0.29, 0.717) is 12.0 Å². The van der Waals surface area contributed by atoms with Gasteiger partial charge in [0.2, 0.25) is 0 Å². The fourth-order valence-corrected chi connectivity index (χ4v) is 3.72. The fourth-order valence-electron chi connectivity index (χ4n) is 3.72. The number of benzene rings is 2. The highest BCUT2D eigenvalue weighted by molar-refractivity contribution is 5.26. The van der Waals surface area contributed by atoms with Crippen LogP contribution in [0.2, 0.25) is 0 Å². The SMILES string of the molecule is CC1CN(C)C(Cc2ccccc2)C1c1ccccc1. The van der Waals surface area contributed by atoms with E-state index in [4.69, 9.17) is 0 Å². The average Bonchev–Trinajstić information content (AvgIpc) is 2.75. The van der Waals surface area contributed by atoms with Crippen LogP contribution in [-0.4, -0.2) is 24.5 Å². The third kappa shape index (κ3) is 2.64. The van der Waals surface area contributed by atoms with Gasteiger partial charge in [-0.1, -0.05) is 67.6 Å². The van der Waals surface area contributed by atoms with Gasteiger partial charge in [0.25, 0.3) is 0 Å². The second-order valence-corrected chi connectivity index (χ2v) is 6.11. The van der Waals surface area contributed by atoms with Gasteiger partial charge in [0.05, 0.1) is 0 Å². The topological polar surface area (TPSA) is 3.24 Å². The molecule has 0 saturated carbocycles. The van der Waals surface area contributed by atoms with Gasteiger partial charge in [0.15, 0.2) is 0 Å². The molecule has 3 rings (SSSR count). The molecule has 0 amide bonds. The lowest BCUT2D eigenvalue weighted by molar-refractivity contribution is 0.295. The monoisotopic (exact) mass is 265 g/mol. The molecule has 2 aromatic rings. The first-order chi connectivity index (χ1) is 9.75. The molecule has 0 N–H and O–H groups in total. The summed E-state index contributed by atoms with van der Waals surface area (Å²) in [6, 6.07) is 22.5. The Kier molecular flexibility index (Phi) is 3.88. The summed E-state index contributed by atoms with van der Waals surface area (Å²) in [5, 5.41) is 0. The van der Waals surface area contributed by atoms with Gasteiger partial charge >= 0.3 is 0 Å². The van der Waals surface area contributed by atoms with E-state index >= 15 is 0 Å². The van der Waals surface area contributed by atoms with Gasteiger partial charge in [-0.2, -0.15) is 0 Å². The van der Waals surface area contributed by atoms with Gasteiger partial charge in [-0.3, -0.25) is 0 Å². The lowest BCUT2D eigenvalue weighted by atomic mass is 9.83. The predicted octanol–water partition coefficient (Wildman–Crippen LogP) is 3.96. The molecule has 1 nitrogen and oxygen atoms in total. The van der Waals surface area contributed by atoms with Crippen molar-refractivity contribution in [3.05, 3.63) is 71.8 Å². The van der Waals surface area contributed by atoms with Crippen LogP contribution in [0.3, 0.4) is 0 Å². The summed E-state index contributed by atoms with van der Waals surface area (Å²) in [5.74, 6) is 1.36. The second-order valence-electron chi connectivity index (χ2n) is 6.11. The third-order valence-electron chi connectivity index (χ3n) is 4.64. The minimum Gasteiger partial charge on any atom is -0.302 e. The smallest absolute Gasteiger partial charge is 0.0204 e. The van der Waals surface area contributed by atoms with E-state index in [-0.39, 0.29) is 0 Å². The fraction of sp³-hybridized carbons (Fsp3) is 0.368. The Balaban J connectivity index is 1.87. The summed E-state index contributed by atoms with van der Waals surface area (Å²) in [7, 11) is 2.27. The number of nitrogens with zero attached hydrogens (tertiary/aromatic N) is 1. The van der Waals surface area contributed by atoms with Gasteiger partial charge in [-0.05, 0) is 30.5 Å². The molecule has 0 bridgehead atoms. The maximum Gasteiger partial charge on any atom is 0.0204 e. The zero-order valence-electron chi connectivity index (χ0n) is 12.4. The number of rotatable bonds is 3. The van der Waals surface area contributed by atoms with Crippen LogP contribution in [0.15, 0.2) is 60.7 Å². The molecule has 1 saturated heterocycles. The Morgan fingerprint density at radius 3 is 2.20 bits per heavy atom. The summed E-state index contributed by atoms with van der Waals surface area (Å²) >= 11 is 0. The van der Waals surface area contributed by atoms with Crippen molar-refractivity contribution in [3.8, 4) is 0 Å². The van der Waals surface area contributed by atoms with E-state index in [0.717, 1.165) is 12.3 Å². The third-order valence-corrected chi connectivity index (χ3v) is 4.64. The Morgan fingerprint density at radius 1 is 0.950 bits per heavy atom. The first-order valence-corrected chi connectivity index (χ1v) is 7.55. The molecule has 1 fully saturated rings. The van der Waals surface area contributed by atoms with Crippen molar-refractivity contribution in [2.24, 2.45) is 5.92 Å². The van der Waals surface area contributed by atoms with Crippen LogP contribution in [0.25, 0.3) is 0 Å². The number of hydrogen-bond acceptors (Lipinski definition) is 1. The molecule has 3 unspecified atom stereocenters. The van der Waals surface area contributed by atoms with E-state index in [1.165, 1.54) is 17.7 Å². The largest absolute Gasteiger partial charge is 0.302 e. The minimum absolute atomic E-state index is 0.606. The first kappa shape index (κ1) is 13.4. The van der Waals surface area contributed by atoms with E-state index < -0.39 is 0 Å². The molecule has 20 heavy (non-hydrogen) atoms. The molecular weight excluding hydrogens is 242 g/mol. The molecular formula is C19H23N. The minimum atomic E-state index is 0.606. The molecule has 104 valence electrons. The quantitative estimate of drug-likeness (QED) is 0.812. The van der Waals surface area contributed by atoms with Crippen molar-refractivity contribution < 1.29 is 0 Å². The summed E-state index contributed by atoms with van der Waals surface area (Å²) in [6.07, 6.45) is 1.14. The lowest BCUT2D eigenvalue weighted by Crippen LogP contribution is -2.30. The summed E-state index contributed by atoms with van der Waals surface area (Å²) in [4.78, 5) is 2.54. The zero-order chi connectivity index (χ0) is 13.9. The first-order valence-electron chi connectivity index (χ1n) is 7.55. The number of likely N-dealkylation sites (tertiary alicyclic amines) is 1. The van der Waals surface area contributed by atoms with Gasteiger partial charge in [-0.15, -0.1) is 0 Å². The van der Waals surface area contributed by atoms with Gasteiger partial charge < -0.3 is 4.90 Å². The Bertz CT molecular complexity index is 534. The molecule has 1 aliphatic heterocycles. The van der Waals surface area contributed by atoms with Gasteiger partial charge in [0, 0.05) is 18.5 Å². The summed E-state index contributed by atoms with van der Waals surface area (Å²) in [6.45, 7) is 3.58. The van der Waals surface area contributed by atoms with E-state index in [1.807, 2.05) is 0 Å². The van der Waals surface area contributed by atoms with Crippen molar-refractivity contribution in [3.63, 3.8) is 0 Å². The molecule has 2 aromatic carbocycles. The van der Waals surface area contributed by atoms with Crippen molar-refractivity contribution in [1.29, 1.82) is 0 Å². The average molecular weight is 265 g/mol. The molecule has 1 heteroatoms. The second kappa shape index (κ2) is 5.80. The highest BCUT2D eigenvalue weighted by Gasteiger charge is 2.37. The van der Waals surface area contributed by atoms with Crippen LogP contribution in [-0.2, 0) is 6.42 Å². The molecule has 0 spiro atoms. The molecule has 0 radical (unpaired) electrons. The number of hydrogen-bond donors (Lipinski definition) is 0. The van der Waals surface area contributed by atoms with E-state index in [1.54, 1.807) is 0 Å². The standard InChI is InChI=1S/C19H23N/c1-15-14-20(2)18(13-16-9-5-3-6-10-16)19(15)17-11-7-4-8-12-17/h3-12,15,18-19H,13-14H2,1-2H3. The zero-order valence-corrected chi connectivity index (χ0v) is 12.4. The highest BCUT2D eigenvalue weighted by atomic mass is 15.2. The van der Waals surface area contributed by atoms with Crippen LogP contribution in [0.1, 0.15) is 24.0 Å². The molecule has 1 aliphatic rings. The lowest BCUT2D eigenvalue weighted by Gasteiger charge is -2.26. The van der Waals surface area contributed by atoms with Gasteiger partial charge in [-0.25, -0.2) is 0 Å². The van der Waals surface area contributed by atoms with Crippen LogP contribution in [0.4, 0.5) is 0 Å². The Labute approximate surface area is 122 Å². The van der Waals surface area contributed by atoms with Crippen LogP contribution >= 0.6 is 0 Å². The maximum atomic E-state index is 2.54. The normalized spacial score (nSPS) is 26.8. The Hall–Kier alpha value is -1.60. The van der Waals surface area contributed by atoms with Crippen molar-refractivity contribution in [1.82, 2.24) is 4.90 Å². The molecule has 0 aliphatic carbocycles. The van der Waals surface area contributed by atoms with Crippen molar-refractivity contribution in [2.75, 3.05) is 13.6 Å². The molecule has 1 heterocycles. The van der Waals surface area contributed by atoms with Crippen molar-refractivity contribution >= 4 is 0 Å². The van der Waals surface area contributed by atoms with Crippen LogP contribution in [0, 0.1) is 5.92 Å². The van der Waals surface area contributed by atoms with E-state index in [9.17, 15) is 0 Å². The highest BCUT2D eigenvalue weighted by Crippen LogP contribution is 2.38. The van der Waals surface area contributed by atoms with E-state index in [2.05, 4.69) is 79.5 Å². The predicted molar refractivity (Wildman–Crippen MR) is 84.9 cm³/mol. The van der Waals surface area contributed by atoms with Crippen LogP contribution < -0.4 is 0 Å². The van der Waals surface area contributed by atoms with Crippen LogP contribution in [0.5, 0.6) is 0 Å². The van der Waals surface area contributed by atoms with Gasteiger partial charge in [0.1, 0.15) is 0 Å². The van der Waals surface area contributed by atoms with Crippen molar-refractivity contribution in [2.45, 2.75) is 25.3 Å². The number of likely N-dealkylation sites (N-methyl/N-ethyl adjacent to an activating group) is 1. The maximum absolute atomic E-state index is 2.54. The summed E-state index contributed by atoms with van der Waals surface area (Å²) in [5.41, 5.74) is 2.93.